The van der Waals surface area contributed by atoms with Gasteiger partial charge in [0.25, 0.3) is 0 Å². The zero-order valence-corrected chi connectivity index (χ0v) is 14.6. The van der Waals surface area contributed by atoms with Gasteiger partial charge in [0, 0.05) is 24.2 Å². The number of hydrogen-bond acceptors (Lipinski definition) is 2. The Morgan fingerprint density at radius 3 is 2.20 bits per heavy atom. The van der Waals surface area contributed by atoms with E-state index < -0.39 is 0 Å². The normalized spacial score (nSPS) is 39.0. The molecule has 132 valence electrons. The number of para-hydroxylation sites is 1. The Hall–Kier alpha value is -1.84. The standard InChI is InChI=1S/C21H26N2O2/c24-19-9-17(13-23(19)18-4-2-1-3-5-18)20(25)22-21-10-14-6-15(11-21)8-16(7-14)12-21/h1-5,14-17H,6-13H2,(H,22,25)/t14?,15?,16?,17-,21?/m1/s1. The van der Waals surface area contributed by atoms with Crippen LogP contribution in [-0.2, 0) is 9.59 Å². The first-order chi connectivity index (χ1) is 12.1. The van der Waals surface area contributed by atoms with Crippen LogP contribution in [0.3, 0.4) is 0 Å². The fraction of sp³-hybridized carbons (Fsp3) is 0.619. The molecule has 2 amide bonds. The lowest BCUT2D eigenvalue weighted by atomic mass is 9.53. The maximum Gasteiger partial charge on any atom is 0.227 e. The van der Waals surface area contributed by atoms with E-state index in [4.69, 9.17) is 0 Å². The van der Waals surface area contributed by atoms with Gasteiger partial charge in [-0.3, -0.25) is 9.59 Å². The number of anilines is 1. The van der Waals surface area contributed by atoms with Gasteiger partial charge < -0.3 is 10.2 Å². The third-order valence-electron chi connectivity index (χ3n) is 6.99. The van der Waals surface area contributed by atoms with Gasteiger partial charge in [0.05, 0.1) is 5.92 Å². The van der Waals surface area contributed by atoms with Gasteiger partial charge >= 0.3 is 0 Å². The molecule has 1 heterocycles. The summed E-state index contributed by atoms with van der Waals surface area (Å²) in [6, 6.07) is 9.70. The number of hydrogen-bond donors (Lipinski definition) is 1. The summed E-state index contributed by atoms with van der Waals surface area (Å²) in [5, 5.41) is 3.44. The van der Waals surface area contributed by atoms with Crippen molar-refractivity contribution in [1.82, 2.24) is 5.32 Å². The highest BCUT2D eigenvalue weighted by Crippen LogP contribution is 2.55. The molecular weight excluding hydrogens is 312 g/mol. The molecule has 1 aliphatic heterocycles. The van der Waals surface area contributed by atoms with Crippen molar-refractivity contribution in [3.05, 3.63) is 30.3 Å². The summed E-state index contributed by atoms with van der Waals surface area (Å²) in [5.74, 6) is 2.42. The molecule has 4 heteroatoms. The van der Waals surface area contributed by atoms with Gasteiger partial charge in [0.15, 0.2) is 0 Å². The van der Waals surface area contributed by atoms with Crippen molar-refractivity contribution in [2.75, 3.05) is 11.4 Å². The van der Waals surface area contributed by atoms with Crippen LogP contribution in [0.25, 0.3) is 0 Å². The van der Waals surface area contributed by atoms with E-state index in [0.29, 0.717) is 13.0 Å². The van der Waals surface area contributed by atoms with Crippen LogP contribution >= 0.6 is 0 Å². The molecule has 1 aromatic rings. The van der Waals surface area contributed by atoms with Crippen molar-refractivity contribution in [2.45, 2.75) is 50.5 Å². The van der Waals surface area contributed by atoms with Crippen molar-refractivity contribution in [1.29, 1.82) is 0 Å². The van der Waals surface area contributed by atoms with E-state index in [9.17, 15) is 9.59 Å². The molecule has 4 aliphatic carbocycles. The zero-order valence-electron chi connectivity index (χ0n) is 14.6. The second-order valence-electron chi connectivity index (χ2n) is 8.93. The van der Waals surface area contributed by atoms with Gasteiger partial charge in [-0.1, -0.05) is 18.2 Å². The fourth-order valence-corrected chi connectivity index (χ4v) is 6.37. The van der Waals surface area contributed by atoms with E-state index in [1.807, 2.05) is 30.3 Å². The smallest absolute Gasteiger partial charge is 0.227 e. The van der Waals surface area contributed by atoms with Gasteiger partial charge in [-0.05, 0) is 68.4 Å². The van der Waals surface area contributed by atoms with Crippen molar-refractivity contribution in [2.24, 2.45) is 23.7 Å². The van der Waals surface area contributed by atoms with Gasteiger partial charge in [-0.15, -0.1) is 0 Å². The van der Waals surface area contributed by atoms with Crippen LogP contribution in [0.5, 0.6) is 0 Å². The SMILES string of the molecule is O=C(NC12CC3CC(CC(C3)C1)C2)[C@@H]1CC(=O)N(c2ccccc2)C1. The highest BCUT2D eigenvalue weighted by Gasteiger charge is 2.52. The molecule has 0 radical (unpaired) electrons. The van der Waals surface area contributed by atoms with Crippen molar-refractivity contribution < 1.29 is 9.59 Å². The van der Waals surface area contributed by atoms with E-state index in [2.05, 4.69) is 5.32 Å². The molecule has 25 heavy (non-hydrogen) atoms. The second kappa shape index (κ2) is 5.58. The first-order valence-electron chi connectivity index (χ1n) is 9.78. The van der Waals surface area contributed by atoms with Crippen LogP contribution in [-0.4, -0.2) is 23.9 Å². The Bertz CT molecular complexity index is 664. The lowest BCUT2D eigenvalue weighted by molar-refractivity contribution is -0.131. The quantitative estimate of drug-likeness (QED) is 0.920. The summed E-state index contributed by atoms with van der Waals surface area (Å²) in [7, 11) is 0. The number of amides is 2. The molecule has 5 aliphatic rings. The molecular formula is C21H26N2O2. The molecule has 0 aromatic heterocycles. The van der Waals surface area contributed by atoms with E-state index in [1.54, 1.807) is 4.90 Å². The summed E-state index contributed by atoms with van der Waals surface area (Å²) in [4.78, 5) is 27.1. The van der Waals surface area contributed by atoms with E-state index >= 15 is 0 Å². The molecule has 4 nitrogen and oxygen atoms in total. The van der Waals surface area contributed by atoms with E-state index in [1.165, 1.54) is 19.3 Å². The Balaban J connectivity index is 1.29. The first-order valence-corrected chi connectivity index (χ1v) is 9.78. The summed E-state index contributed by atoms with van der Waals surface area (Å²) >= 11 is 0. The molecule has 1 atom stereocenters. The predicted molar refractivity (Wildman–Crippen MR) is 95.9 cm³/mol. The molecule has 0 spiro atoms. The van der Waals surface area contributed by atoms with Crippen LogP contribution in [0, 0.1) is 23.7 Å². The van der Waals surface area contributed by atoms with Crippen molar-refractivity contribution in [3.63, 3.8) is 0 Å². The lowest BCUT2D eigenvalue weighted by Crippen LogP contribution is -2.60. The second-order valence-corrected chi connectivity index (χ2v) is 8.93. The summed E-state index contributed by atoms with van der Waals surface area (Å²) in [6.07, 6.45) is 7.94. The first kappa shape index (κ1) is 15.4. The molecule has 1 saturated heterocycles. The van der Waals surface area contributed by atoms with Gasteiger partial charge in [0.1, 0.15) is 0 Å². The zero-order chi connectivity index (χ0) is 17.0. The van der Waals surface area contributed by atoms with Gasteiger partial charge in [-0.25, -0.2) is 0 Å². The monoisotopic (exact) mass is 338 g/mol. The van der Waals surface area contributed by atoms with Crippen LogP contribution in [0.4, 0.5) is 5.69 Å². The molecule has 1 N–H and O–H groups in total. The molecule has 4 bridgehead atoms. The van der Waals surface area contributed by atoms with Gasteiger partial charge in [-0.2, -0.15) is 0 Å². The minimum atomic E-state index is -0.208. The van der Waals surface area contributed by atoms with Crippen molar-refractivity contribution >= 4 is 17.5 Å². The highest BCUT2D eigenvalue weighted by atomic mass is 16.2. The molecule has 6 rings (SSSR count). The third kappa shape index (κ3) is 2.66. The Morgan fingerprint density at radius 2 is 1.60 bits per heavy atom. The van der Waals surface area contributed by atoms with E-state index in [-0.39, 0.29) is 23.3 Å². The van der Waals surface area contributed by atoms with E-state index in [0.717, 1.165) is 42.7 Å². The number of benzene rings is 1. The average Bonchev–Trinajstić information content (AvgIpc) is 2.96. The van der Waals surface area contributed by atoms with Crippen LogP contribution in [0.1, 0.15) is 44.9 Å². The topological polar surface area (TPSA) is 49.4 Å². The molecule has 0 unspecified atom stereocenters. The Kier molecular flexibility index (Phi) is 3.44. The highest BCUT2D eigenvalue weighted by molar-refractivity contribution is 6.00. The van der Waals surface area contributed by atoms with Crippen LogP contribution in [0.2, 0.25) is 0 Å². The molecule has 4 saturated carbocycles. The summed E-state index contributed by atoms with van der Waals surface area (Å²) < 4.78 is 0. The Labute approximate surface area is 149 Å². The maximum absolute atomic E-state index is 13.0. The summed E-state index contributed by atoms with van der Waals surface area (Å²) in [5.41, 5.74) is 0.937. The predicted octanol–water partition coefficient (Wildman–Crippen LogP) is 3.12. The minimum absolute atomic E-state index is 0.0368. The van der Waals surface area contributed by atoms with Crippen LogP contribution < -0.4 is 10.2 Å². The lowest BCUT2D eigenvalue weighted by Gasteiger charge is -2.57. The minimum Gasteiger partial charge on any atom is -0.350 e. The third-order valence-corrected chi connectivity index (χ3v) is 6.99. The Morgan fingerprint density at radius 1 is 1.00 bits per heavy atom. The number of rotatable bonds is 3. The molecule has 5 fully saturated rings. The number of nitrogens with one attached hydrogen (secondary N) is 1. The average molecular weight is 338 g/mol. The van der Waals surface area contributed by atoms with Gasteiger partial charge in [0.2, 0.25) is 11.8 Å². The number of carbonyl (C=O) groups is 2. The molecule has 1 aromatic carbocycles. The number of nitrogens with zero attached hydrogens (tertiary/aromatic N) is 1. The largest absolute Gasteiger partial charge is 0.350 e. The summed E-state index contributed by atoms with van der Waals surface area (Å²) in [6.45, 7) is 0.515. The maximum atomic E-state index is 13.0. The fourth-order valence-electron chi connectivity index (χ4n) is 6.37. The number of carbonyl (C=O) groups excluding carboxylic acids is 2. The van der Waals surface area contributed by atoms with Crippen LogP contribution in [0.15, 0.2) is 30.3 Å². The van der Waals surface area contributed by atoms with Crippen molar-refractivity contribution in [3.8, 4) is 0 Å².